The molecule has 2 aromatic carbocycles. The van der Waals surface area contributed by atoms with Gasteiger partial charge in [0, 0.05) is 20.6 Å². The van der Waals surface area contributed by atoms with E-state index in [1.54, 1.807) is 43.3 Å². The number of benzene rings is 2. The summed E-state index contributed by atoms with van der Waals surface area (Å²) in [5.41, 5.74) is 1.55. The molecule has 0 aliphatic carbocycles. The number of amides is 1. The van der Waals surface area contributed by atoms with Crippen LogP contribution in [0.2, 0.25) is 5.02 Å². The Morgan fingerprint density at radius 1 is 1.32 bits per heavy atom. The van der Waals surface area contributed by atoms with Gasteiger partial charge in [-0.2, -0.15) is 0 Å². The van der Waals surface area contributed by atoms with Crippen LogP contribution in [0, 0.1) is 6.92 Å². The van der Waals surface area contributed by atoms with Crippen LogP contribution in [0.15, 0.2) is 40.9 Å². The number of phenolic OH excluding ortho intramolecular Hbond substituents is 1. The van der Waals surface area contributed by atoms with Crippen LogP contribution < -0.4 is 5.32 Å². The van der Waals surface area contributed by atoms with Crippen molar-refractivity contribution < 1.29 is 9.90 Å². The van der Waals surface area contributed by atoms with Crippen molar-refractivity contribution in [1.29, 1.82) is 0 Å². The molecule has 0 spiro atoms. The number of aromatic hydroxyl groups is 1. The van der Waals surface area contributed by atoms with Gasteiger partial charge in [-0.25, -0.2) is 0 Å². The molecule has 5 heteroatoms. The Bertz CT molecular complexity index is 643. The van der Waals surface area contributed by atoms with Crippen LogP contribution in [0.3, 0.4) is 0 Å². The third-order valence-corrected chi connectivity index (χ3v) is 3.65. The highest BCUT2D eigenvalue weighted by Gasteiger charge is 2.13. The van der Waals surface area contributed by atoms with E-state index >= 15 is 0 Å². The molecule has 0 saturated carbocycles. The molecular formula is C14H11BrClNO2. The maximum absolute atomic E-state index is 12.2. The zero-order valence-corrected chi connectivity index (χ0v) is 12.4. The summed E-state index contributed by atoms with van der Waals surface area (Å²) in [5, 5.41) is 12.9. The first-order valence-corrected chi connectivity index (χ1v) is 6.71. The van der Waals surface area contributed by atoms with Crippen LogP contribution in [0.5, 0.6) is 5.75 Å². The third-order valence-electron chi connectivity index (χ3n) is 2.73. The molecule has 19 heavy (non-hydrogen) atoms. The van der Waals surface area contributed by atoms with Crippen molar-refractivity contribution in [2.75, 3.05) is 5.32 Å². The first-order chi connectivity index (χ1) is 8.99. The van der Waals surface area contributed by atoms with Gasteiger partial charge in [-0.1, -0.05) is 17.7 Å². The highest BCUT2D eigenvalue weighted by molar-refractivity contribution is 9.10. The first-order valence-electron chi connectivity index (χ1n) is 5.54. The summed E-state index contributed by atoms with van der Waals surface area (Å²) in [6.07, 6.45) is 0. The van der Waals surface area contributed by atoms with E-state index in [1.807, 2.05) is 0 Å². The third kappa shape index (κ3) is 3.08. The molecule has 0 aliphatic heterocycles. The quantitative estimate of drug-likeness (QED) is 0.853. The van der Waals surface area contributed by atoms with E-state index in [0.29, 0.717) is 21.8 Å². The summed E-state index contributed by atoms with van der Waals surface area (Å²) >= 11 is 9.23. The Hall–Kier alpha value is -1.52. The number of rotatable bonds is 2. The molecule has 0 radical (unpaired) electrons. The van der Waals surface area contributed by atoms with Gasteiger partial charge >= 0.3 is 0 Å². The Kier molecular flexibility index (Phi) is 4.12. The molecule has 2 rings (SSSR count). The molecule has 2 N–H and O–H groups in total. The first kappa shape index (κ1) is 13.9. The van der Waals surface area contributed by atoms with E-state index < -0.39 is 0 Å². The van der Waals surface area contributed by atoms with Gasteiger partial charge in [-0.05, 0) is 53.2 Å². The summed E-state index contributed by atoms with van der Waals surface area (Å²) in [5.74, 6) is -0.200. The molecule has 0 aliphatic rings. The van der Waals surface area contributed by atoms with Crippen molar-refractivity contribution in [3.8, 4) is 5.75 Å². The van der Waals surface area contributed by atoms with E-state index in [2.05, 4.69) is 21.2 Å². The van der Waals surface area contributed by atoms with Crippen molar-refractivity contribution >= 4 is 39.1 Å². The second-order valence-corrected chi connectivity index (χ2v) is 5.32. The number of halogens is 2. The molecule has 0 bridgehead atoms. The molecule has 0 unspecified atom stereocenters. The van der Waals surface area contributed by atoms with Gasteiger partial charge in [-0.3, -0.25) is 4.79 Å². The fourth-order valence-electron chi connectivity index (χ4n) is 1.65. The second kappa shape index (κ2) is 5.63. The molecule has 0 aromatic heterocycles. The van der Waals surface area contributed by atoms with Crippen molar-refractivity contribution in [2.24, 2.45) is 0 Å². The molecule has 0 atom stereocenters. The van der Waals surface area contributed by atoms with E-state index in [0.717, 1.165) is 4.47 Å². The predicted molar refractivity (Wildman–Crippen MR) is 79.9 cm³/mol. The minimum atomic E-state index is -0.295. The Morgan fingerprint density at radius 2 is 2.05 bits per heavy atom. The molecule has 98 valence electrons. The minimum Gasteiger partial charge on any atom is -0.508 e. The SMILES string of the molecule is Cc1c(O)cccc1C(=O)Nc1cc(Cl)ccc1Br. The molecular weight excluding hydrogens is 330 g/mol. The number of phenols is 1. The van der Waals surface area contributed by atoms with Crippen LogP contribution in [-0.2, 0) is 0 Å². The van der Waals surface area contributed by atoms with E-state index in [-0.39, 0.29) is 11.7 Å². The molecule has 0 saturated heterocycles. The average Bonchev–Trinajstić information content (AvgIpc) is 2.37. The lowest BCUT2D eigenvalue weighted by Crippen LogP contribution is -2.13. The molecule has 0 fully saturated rings. The number of nitrogens with one attached hydrogen (secondary N) is 1. The monoisotopic (exact) mass is 339 g/mol. The van der Waals surface area contributed by atoms with Gasteiger partial charge in [0.2, 0.25) is 0 Å². The number of carbonyl (C=O) groups is 1. The van der Waals surface area contributed by atoms with Gasteiger partial charge in [0.25, 0.3) is 5.91 Å². The summed E-state index contributed by atoms with van der Waals surface area (Å²) in [6, 6.07) is 9.96. The van der Waals surface area contributed by atoms with E-state index in [1.165, 1.54) is 0 Å². The Labute approximate surface area is 124 Å². The number of carbonyl (C=O) groups excluding carboxylic acids is 1. The number of hydrogen-bond donors (Lipinski definition) is 2. The fourth-order valence-corrected chi connectivity index (χ4v) is 2.17. The Balaban J connectivity index is 2.31. The van der Waals surface area contributed by atoms with Crippen LogP contribution in [0.25, 0.3) is 0 Å². The van der Waals surface area contributed by atoms with Crippen molar-refractivity contribution in [2.45, 2.75) is 6.92 Å². The lowest BCUT2D eigenvalue weighted by Gasteiger charge is -2.10. The summed E-state index contributed by atoms with van der Waals surface area (Å²) in [6.45, 7) is 1.69. The van der Waals surface area contributed by atoms with Gasteiger partial charge in [-0.15, -0.1) is 0 Å². The van der Waals surface area contributed by atoms with E-state index in [9.17, 15) is 9.90 Å². The summed E-state index contributed by atoms with van der Waals surface area (Å²) < 4.78 is 0.739. The van der Waals surface area contributed by atoms with Crippen LogP contribution in [0.4, 0.5) is 5.69 Å². The molecule has 0 heterocycles. The van der Waals surface area contributed by atoms with E-state index in [4.69, 9.17) is 11.6 Å². The lowest BCUT2D eigenvalue weighted by atomic mass is 10.1. The molecule has 2 aromatic rings. The molecule has 3 nitrogen and oxygen atoms in total. The topological polar surface area (TPSA) is 49.3 Å². The van der Waals surface area contributed by atoms with Gasteiger partial charge in [0.1, 0.15) is 5.75 Å². The largest absolute Gasteiger partial charge is 0.508 e. The maximum atomic E-state index is 12.2. The number of hydrogen-bond acceptors (Lipinski definition) is 2. The van der Waals surface area contributed by atoms with Crippen LogP contribution in [-0.4, -0.2) is 11.0 Å². The summed E-state index contributed by atoms with van der Waals surface area (Å²) in [4.78, 5) is 12.2. The van der Waals surface area contributed by atoms with Crippen molar-refractivity contribution in [1.82, 2.24) is 0 Å². The van der Waals surface area contributed by atoms with Gasteiger partial charge < -0.3 is 10.4 Å². The zero-order chi connectivity index (χ0) is 14.0. The fraction of sp³-hybridized carbons (Fsp3) is 0.0714. The van der Waals surface area contributed by atoms with Gasteiger partial charge in [0.05, 0.1) is 5.69 Å². The summed E-state index contributed by atoms with van der Waals surface area (Å²) in [7, 11) is 0. The van der Waals surface area contributed by atoms with Gasteiger partial charge in [0.15, 0.2) is 0 Å². The second-order valence-electron chi connectivity index (χ2n) is 4.03. The molecule has 1 amide bonds. The number of anilines is 1. The lowest BCUT2D eigenvalue weighted by molar-refractivity contribution is 0.102. The Morgan fingerprint density at radius 3 is 2.79 bits per heavy atom. The standard InChI is InChI=1S/C14H11BrClNO2/c1-8-10(3-2-4-13(8)18)14(19)17-12-7-9(16)5-6-11(12)15/h2-7,18H,1H3,(H,17,19). The highest BCUT2D eigenvalue weighted by Crippen LogP contribution is 2.27. The highest BCUT2D eigenvalue weighted by atomic mass is 79.9. The van der Waals surface area contributed by atoms with Crippen LogP contribution in [0.1, 0.15) is 15.9 Å². The van der Waals surface area contributed by atoms with Crippen molar-refractivity contribution in [3.05, 3.63) is 57.0 Å². The minimum absolute atomic E-state index is 0.0952. The smallest absolute Gasteiger partial charge is 0.256 e. The predicted octanol–water partition coefficient (Wildman–Crippen LogP) is 4.37. The van der Waals surface area contributed by atoms with Crippen LogP contribution >= 0.6 is 27.5 Å². The normalized spacial score (nSPS) is 10.3. The maximum Gasteiger partial charge on any atom is 0.256 e. The average molecular weight is 341 g/mol. The van der Waals surface area contributed by atoms with Crippen molar-refractivity contribution in [3.63, 3.8) is 0 Å². The zero-order valence-electron chi connectivity index (χ0n) is 10.1.